The van der Waals surface area contributed by atoms with Crippen LogP contribution in [0.3, 0.4) is 0 Å². The van der Waals surface area contributed by atoms with E-state index in [4.69, 9.17) is 24.9 Å². The van der Waals surface area contributed by atoms with Gasteiger partial charge in [0.2, 0.25) is 0 Å². The molecule has 2 N–H and O–H groups in total. The molecule has 716 valence electrons. The van der Waals surface area contributed by atoms with Crippen LogP contribution in [0.1, 0.15) is 97.9 Å². The molecule has 25 rings (SSSR count). The molecule has 5 saturated heterocycles. The average Bonchev–Trinajstić information content (AvgIpc) is 1.78. The number of anilines is 3. The Morgan fingerprint density at radius 1 is 0.291 bits per heavy atom. The summed E-state index contributed by atoms with van der Waals surface area (Å²) in [6.45, 7) is 33.7. The van der Waals surface area contributed by atoms with Crippen LogP contribution in [-0.2, 0) is 0 Å². The summed E-state index contributed by atoms with van der Waals surface area (Å²) in [7, 11) is 2.13. The van der Waals surface area contributed by atoms with Crippen molar-refractivity contribution in [2.45, 2.75) is 99.0 Å². The lowest BCUT2D eigenvalue weighted by Crippen LogP contribution is -2.46. The van der Waals surface area contributed by atoms with Crippen LogP contribution in [0.15, 0.2) is 269 Å². The predicted molar refractivity (Wildman–Crippen MR) is 555 cm³/mol. The molecular weight excluding hydrogens is 1770 g/mol. The van der Waals surface area contributed by atoms with E-state index in [-0.39, 0.29) is 27.8 Å². The van der Waals surface area contributed by atoms with Crippen LogP contribution < -0.4 is 53.1 Å². The van der Waals surface area contributed by atoms with Crippen LogP contribution in [0.2, 0.25) is 0 Å². The number of likely N-dealkylation sites (tertiary alicyclic amines) is 1. The fraction of sp³-hybridized carbons (Fsp3) is 0.306. The number of piperazine rings is 3. The van der Waals surface area contributed by atoms with Gasteiger partial charge in [0, 0.05) is 236 Å². The molecule has 5 aliphatic rings. The van der Waals surface area contributed by atoms with E-state index in [9.17, 15) is 24.0 Å². The molecule has 25 heterocycles. The van der Waals surface area contributed by atoms with Gasteiger partial charge in [-0.25, -0.2) is 49.8 Å². The maximum atomic E-state index is 12.9. The molecule has 0 atom stereocenters. The van der Waals surface area contributed by atoms with E-state index in [1.54, 1.807) is 52.3 Å². The molecule has 141 heavy (non-hydrogen) atoms. The van der Waals surface area contributed by atoms with Gasteiger partial charge >= 0.3 is 0 Å². The lowest BCUT2D eigenvalue weighted by Gasteiger charge is -2.35. The highest BCUT2D eigenvalue weighted by molar-refractivity contribution is 5.72. The highest BCUT2D eigenvalue weighted by Gasteiger charge is 2.26. The molecule has 33 nitrogen and oxygen atoms in total. The van der Waals surface area contributed by atoms with E-state index in [1.807, 2.05) is 247 Å². The van der Waals surface area contributed by atoms with Crippen LogP contribution in [-0.4, -0.2) is 233 Å². The third-order valence-corrected chi connectivity index (χ3v) is 27.7. The van der Waals surface area contributed by atoms with Crippen LogP contribution in [0.25, 0.3) is 113 Å². The van der Waals surface area contributed by atoms with Crippen LogP contribution >= 0.6 is 0 Å². The van der Waals surface area contributed by atoms with Crippen molar-refractivity contribution in [2.24, 2.45) is 0 Å². The van der Waals surface area contributed by atoms with Crippen molar-refractivity contribution in [2.75, 3.05) is 133 Å². The van der Waals surface area contributed by atoms with Crippen molar-refractivity contribution in [3.05, 3.63) is 336 Å². The van der Waals surface area contributed by atoms with Crippen LogP contribution in [0.4, 0.5) is 17.1 Å². The number of hydrogen-bond acceptors (Lipinski definition) is 23. The molecule has 5 aliphatic heterocycles. The van der Waals surface area contributed by atoms with Gasteiger partial charge < -0.3 is 62.0 Å². The lowest BCUT2D eigenvalue weighted by molar-refractivity contribution is 0.172. The summed E-state index contributed by atoms with van der Waals surface area (Å²) in [5.41, 5.74) is 25.6. The first-order valence-corrected chi connectivity index (χ1v) is 48.8. The van der Waals surface area contributed by atoms with Crippen molar-refractivity contribution in [3.8, 4) is 56.3 Å². The number of hydrogen-bond donors (Lipinski definition) is 2. The van der Waals surface area contributed by atoms with Gasteiger partial charge in [-0.3, -0.25) is 46.0 Å². The topological polar surface area (TPSA) is 302 Å². The van der Waals surface area contributed by atoms with Crippen molar-refractivity contribution in [1.82, 2.24) is 119 Å². The fourth-order valence-electron chi connectivity index (χ4n) is 19.9. The van der Waals surface area contributed by atoms with Gasteiger partial charge in [-0.2, -0.15) is 0 Å². The molecule has 0 saturated carbocycles. The summed E-state index contributed by atoms with van der Waals surface area (Å²) in [6, 6.07) is 48.4. The number of aryl methyl sites for hydroxylation is 5. The first-order chi connectivity index (χ1) is 68.5. The number of nitrogens with one attached hydrogen (secondary N) is 2. The fourth-order valence-corrected chi connectivity index (χ4v) is 19.9. The van der Waals surface area contributed by atoms with Crippen LogP contribution in [0.5, 0.6) is 0 Å². The average molecular weight is 1880 g/mol. The van der Waals surface area contributed by atoms with Crippen molar-refractivity contribution >= 4 is 73.5 Å². The van der Waals surface area contributed by atoms with Crippen molar-refractivity contribution in [3.63, 3.8) is 0 Å². The van der Waals surface area contributed by atoms with Gasteiger partial charge in [0.15, 0.2) is 0 Å². The van der Waals surface area contributed by atoms with Gasteiger partial charge in [-0.1, -0.05) is 19.1 Å². The van der Waals surface area contributed by atoms with Gasteiger partial charge in [0.25, 0.3) is 27.8 Å². The molecule has 33 heteroatoms. The summed E-state index contributed by atoms with van der Waals surface area (Å²) in [5, 5.41) is 6.73. The summed E-state index contributed by atoms with van der Waals surface area (Å²) in [4.78, 5) is 124. The molecule has 5 fully saturated rings. The van der Waals surface area contributed by atoms with Crippen LogP contribution in [0, 0.1) is 34.6 Å². The first kappa shape index (κ1) is 91.8. The number of fused-ring (bicyclic) bond motifs is 10. The Kier molecular flexibility index (Phi) is 25.7. The predicted octanol–water partition coefficient (Wildman–Crippen LogP) is 12.9. The minimum absolute atomic E-state index is 0.0432. The van der Waals surface area contributed by atoms with Gasteiger partial charge in [0.1, 0.15) is 56.5 Å². The Bertz CT molecular complexity index is 8240. The van der Waals surface area contributed by atoms with E-state index in [2.05, 4.69) is 117 Å². The summed E-state index contributed by atoms with van der Waals surface area (Å²) in [5.74, 6) is 1.01. The van der Waals surface area contributed by atoms with E-state index < -0.39 is 0 Å². The third kappa shape index (κ3) is 19.9. The van der Waals surface area contributed by atoms with Crippen molar-refractivity contribution in [1.29, 1.82) is 0 Å². The second-order valence-electron chi connectivity index (χ2n) is 37.8. The smallest absolute Gasteiger partial charge is 0.258 e. The highest BCUT2D eigenvalue weighted by Crippen LogP contribution is 2.33. The van der Waals surface area contributed by atoms with E-state index in [0.717, 1.165) is 239 Å². The monoisotopic (exact) mass is 1880 g/mol. The largest absolute Gasteiger partial charge is 0.368 e. The maximum absolute atomic E-state index is 12.9. The molecule has 20 aromatic heterocycles. The number of piperidine rings is 2. The van der Waals surface area contributed by atoms with Crippen molar-refractivity contribution < 1.29 is 0 Å². The quantitative estimate of drug-likeness (QED) is 0.115. The number of nitrogens with zero attached hydrogens (tertiary/aromatic N) is 26. The molecular formula is C108H114N28O5. The zero-order valence-corrected chi connectivity index (χ0v) is 80.8. The SMILES string of the molecule is CCN1CCN(c2ccc3nc(-c4ccn5cc(C)nc5c4)cc(=O)n3c2)CC1.Cc1cn2cc(-c3cc(=O)n4cc(C5CCN(C(C)C)CC5)ccc4n3)ccc2n1.Cc1cn2ccc(-c3cc(=O)n4cc(C5CCNCC5)ccc4n3)cc2n1.Cc1cn2ccc(-c3cc(=O)n4cc(N5CCN(C)CC5)ccc4n3)cc2n1.Cc1cn2ccc(-c3cc(=O)n4cc(N5CCNCC5)ccc4n3)cc2n1. The Hall–Kier alpha value is -15.6. The Morgan fingerprint density at radius 3 is 0.972 bits per heavy atom. The summed E-state index contributed by atoms with van der Waals surface area (Å²) >= 11 is 0. The minimum atomic E-state index is -0.0774. The van der Waals surface area contributed by atoms with Gasteiger partial charge in [-0.15, -0.1) is 0 Å². The van der Waals surface area contributed by atoms with Gasteiger partial charge in [-0.05, 0) is 246 Å². The van der Waals surface area contributed by atoms with E-state index in [1.165, 1.54) is 11.1 Å². The van der Waals surface area contributed by atoms with Gasteiger partial charge in [0.05, 0.1) is 74.0 Å². The molecule has 0 unspecified atom stereocenters. The number of pyridine rings is 10. The Morgan fingerprint density at radius 2 is 0.603 bits per heavy atom. The molecule has 0 aliphatic carbocycles. The maximum Gasteiger partial charge on any atom is 0.258 e. The van der Waals surface area contributed by atoms with E-state index in [0.29, 0.717) is 74.6 Å². The number of imidazole rings is 5. The molecule has 20 aromatic rings. The normalized spacial score (nSPS) is 15.5. The Balaban J connectivity index is 0.000000105. The highest BCUT2D eigenvalue weighted by atomic mass is 16.1. The molecule has 0 aromatic carbocycles. The zero-order chi connectivity index (χ0) is 96.8. The summed E-state index contributed by atoms with van der Waals surface area (Å²) < 4.78 is 18.1. The zero-order valence-electron chi connectivity index (χ0n) is 80.8. The number of rotatable bonds is 12. The second-order valence-corrected chi connectivity index (χ2v) is 37.8. The molecule has 0 bridgehead atoms. The lowest BCUT2D eigenvalue weighted by atomic mass is 9.90. The minimum Gasteiger partial charge on any atom is -0.368 e. The molecule has 0 radical (unpaired) electrons. The number of aromatic nitrogens is 20. The second kappa shape index (κ2) is 39.4. The number of likely N-dealkylation sites (N-methyl/N-ethyl adjacent to an activating group) is 2. The molecule has 0 amide bonds. The standard InChI is InChI=1S/C24H27N5O.C22H24N6O.C21H22N6O.C21H21N5O.C20H20N6O/c1-16(2)27-10-8-18(9-11-27)19-4-7-23-26-21(12-24(30)29(23)15-19)20-5-6-22-25-17(3)13-28(22)14-20;1-3-25-8-10-26(11-9-25)18-4-5-20-24-19(13-22(29)28(20)15-18)17-6-7-27-14-16(2)23-21(27)12-17;1-15-13-26-6-5-16(11-20(26)22-15)18-12-21(28)27-14-17(3-4-19(27)23-18)25-9-7-24(2)8-10-25;1-14-12-25-9-6-16(10-20(25)23-14)18-11-21(27)26-13-17(2-3-19(26)24-18)15-4-7-22-8-5-15;1-14-12-25-7-4-15(10-19(25)22-14)17-11-20(27)26-13-16(2-3-18(26)23-17)24-8-5-21-6-9-24/h4-7,12-16,18H,8-11H2,1-3H3;4-7,12-15H,3,8-11H2,1-2H3;3-6,11-14H,7-10H2,1-2H3;2-3,6,9-13,15,22H,4-5,7-8H2,1H3;2-4,7,10-13,21H,5-6,8-9H2,1H3. The van der Waals surface area contributed by atoms with E-state index >= 15 is 0 Å². The third-order valence-electron chi connectivity index (χ3n) is 27.7. The first-order valence-electron chi connectivity index (χ1n) is 48.8. The Labute approximate surface area is 812 Å². The molecule has 0 spiro atoms. The summed E-state index contributed by atoms with van der Waals surface area (Å²) in [6.07, 6.45) is 33.8.